The number of halogens is 2. The minimum absolute atomic E-state index is 0.00755. The van der Waals surface area contributed by atoms with Gasteiger partial charge in [-0.05, 0) is 30.3 Å². The van der Waals surface area contributed by atoms with Gasteiger partial charge in [0.05, 0.1) is 11.3 Å². The standard InChI is InChI=1S/C13H10F2N2O2S2/c14-8-3-1-4-9(7-8)17-21(18,19)11-6-2-5-10(15)12(11)13(16)20/h1-7,17H,(H2,16,20). The van der Waals surface area contributed by atoms with Gasteiger partial charge in [0.15, 0.2) is 0 Å². The number of rotatable bonds is 4. The second kappa shape index (κ2) is 5.74. The van der Waals surface area contributed by atoms with Crippen LogP contribution in [0.3, 0.4) is 0 Å². The third kappa shape index (κ3) is 3.34. The van der Waals surface area contributed by atoms with Gasteiger partial charge in [-0.1, -0.05) is 24.4 Å². The van der Waals surface area contributed by atoms with Crippen LogP contribution in [0.1, 0.15) is 5.56 Å². The zero-order valence-electron chi connectivity index (χ0n) is 10.5. The number of anilines is 1. The Balaban J connectivity index is 2.50. The normalized spacial score (nSPS) is 11.1. The van der Waals surface area contributed by atoms with Crippen molar-refractivity contribution in [1.82, 2.24) is 0 Å². The average Bonchev–Trinajstić information content (AvgIpc) is 2.37. The van der Waals surface area contributed by atoms with Crippen molar-refractivity contribution >= 4 is 32.9 Å². The van der Waals surface area contributed by atoms with Crippen LogP contribution in [0.4, 0.5) is 14.5 Å². The molecule has 8 heteroatoms. The van der Waals surface area contributed by atoms with Crippen LogP contribution >= 0.6 is 12.2 Å². The van der Waals surface area contributed by atoms with E-state index in [2.05, 4.69) is 16.9 Å². The summed E-state index contributed by atoms with van der Waals surface area (Å²) >= 11 is 4.68. The summed E-state index contributed by atoms with van der Waals surface area (Å²) < 4.78 is 53.5. The summed E-state index contributed by atoms with van der Waals surface area (Å²) in [5, 5.41) is 0. The summed E-state index contributed by atoms with van der Waals surface area (Å²) in [6, 6.07) is 8.30. The van der Waals surface area contributed by atoms with E-state index in [1.165, 1.54) is 30.3 Å². The third-order valence-corrected chi connectivity index (χ3v) is 4.22. The summed E-state index contributed by atoms with van der Waals surface area (Å²) in [7, 11) is -4.15. The number of nitrogens with one attached hydrogen (secondary N) is 1. The molecule has 0 aromatic heterocycles. The van der Waals surface area contributed by atoms with Crippen molar-refractivity contribution in [3.8, 4) is 0 Å². The number of nitrogens with two attached hydrogens (primary N) is 1. The predicted octanol–water partition coefficient (Wildman–Crippen LogP) is 2.40. The molecule has 0 unspecified atom stereocenters. The molecule has 0 spiro atoms. The van der Waals surface area contributed by atoms with Crippen LogP contribution < -0.4 is 10.5 Å². The fraction of sp³-hybridized carbons (Fsp3) is 0. The molecule has 0 aliphatic carbocycles. The molecule has 0 saturated carbocycles. The zero-order chi connectivity index (χ0) is 15.6. The topological polar surface area (TPSA) is 72.2 Å². The van der Waals surface area contributed by atoms with E-state index < -0.39 is 26.6 Å². The van der Waals surface area contributed by atoms with E-state index in [1.807, 2.05) is 0 Å². The Kier molecular flexibility index (Phi) is 4.19. The second-order valence-corrected chi connectivity index (χ2v) is 6.18. The quantitative estimate of drug-likeness (QED) is 0.846. The number of benzene rings is 2. The summed E-state index contributed by atoms with van der Waals surface area (Å²) in [4.78, 5) is -0.785. The molecule has 2 aromatic rings. The molecule has 0 aliphatic heterocycles. The Hall–Kier alpha value is -2.06. The van der Waals surface area contributed by atoms with E-state index in [9.17, 15) is 17.2 Å². The average molecular weight is 328 g/mol. The van der Waals surface area contributed by atoms with E-state index in [0.717, 1.165) is 12.1 Å². The van der Waals surface area contributed by atoms with Gasteiger partial charge in [-0.3, -0.25) is 4.72 Å². The molecule has 0 aliphatic rings. The van der Waals surface area contributed by atoms with Crippen LogP contribution in [-0.2, 0) is 10.0 Å². The van der Waals surface area contributed by atoms with Crippen LogP contribution in [-0.4, -0.2) is 13.4 Å². The van der Waals surface area contributed by atoms with Crippen molar-refractivity contribution in [2.75, 3.05) is 4.72 Å². The van der Waals surface area contributed by atoms with Gasteiger partial charge in [-0.25, -0.2) is 17.2 Å². The third-order valence-electron chi connectivity index (χ3n) is 2.59. The molecule has 0 fully saturated rings. The first-order valence-electron chi connectivity index (χ1n) is 5.68. The van der Waals surface area contributed by atoms with E-state index in [-0.39, 0.29) is 16.2 Å². The van der Waals surface area contributed by atoms with E-state index >= 15 is 0 Å². The van der Waals surface area contributed by atoms with Gasteiger partial charge in [0.2, 0.25) is 0 Å². The number of thiocarbonyl (C=S) groups is 1. The summed E-state index contributed by atoms with van der Waals surface area (Å²) in [6.07, 6.45) is 0. The van der Waals surface area contributed by atoms with Crippen molar-refractivity contribution in [3.05, 3.63) is 59.7 Å². The molecular formula is C13H10F2N2O2S2. The van der Waals surface area contributed by atoms with Gasteiger partial charge in [-0.2, -0.15) is 0 Å². The Morgan fingerprint density at radius 3 is 2.43 bits per heavy atom. The molecule has 2 aromatic carbocycles. The minimum Gasteiger partial charge on any atom is -0.389 e. The Bertz CT molecular complexity index is 808. The van der Waals surface area contributed by atoms with Crippen LogP contribution in [0.5, 0.6) is 0 Å². The van der Waals surface area contributed by atoms with Crippen molar-refractivity contribution in [2.24, 2.45) is 5.73 Å². The van der Waals surface area contributed by atoms with E-state index in [4.69, 9.17) is 5.73 Å². The lowest BCUT2D eigenvalue weighted by Crippen LogP contribution is -2.21. The Labute approximate surface area is 125 Å². The molecule has 0 atom stereocenters. The highest BCUT2D eigenvalue weighted by Gasteiger charge is 2.22. The zero-order valence-corrected chi connectivity index (χ0v) is 12.1. The molecule has 4 nitrogen and oxygen atoms in total. The maximum Gasteiger partial charge on any atom is 0.262 e. The molecule has 2 rings (SSSR count). The molecule has 21 heavy (non-hydrogen) atoms. The lowest BCUT2D eigenvalue weighted by Gasteiger charge is -2.12. The maximum absolute atomic E-state index is 13.7. The molecule has 0 amide bonds. The number of hydrogen-bond donors (Lipinski definition) is 2. The van der Waals surface area contributed by atoms with Gasteiger partial charge < -0.3 is 5.73 Å². The second-order valence-electron chi connectivity index (χ2n) is 4.09. The van der Waals surface area contributed by atoms with E-state index in [0.29, 0.717) is 0 Å². The van der Waals surface area contributed by atoms with Crippen molar-refractivity contribution in [3.63, 3.8) is 0 Å². The Morgan fingerprint density at radius 1 is 1.14 bits per heavy atom. The minimum atomic E-state index is -4.15. The highest BCUT2D eigenvalue weighted by Crippen LogP contribution is 2.22. The molecular weight excluding hydrogens is 318 g/mol. The van der Waals surface area contributed by atoms with Gasteiger partial charge in [-0.15, -0.1) is 0 Å². The van der Waals surface area contributed by atoms with E-state index in [1.54, 1.807) is 0 Å². The lowest BCUT2D eigenvalue weighted by atomic mass is 10.2. The highest BCUT2D eigenvalue weighted by molar-refractivity contribution is 7.93. The summed E-state index contributed by atoms with van der Waals surface area (Å²) in [5.74, 6) is -1.45. The molecule has 0 bridgehead atoms. The van der Waals surface area contributed by atoms with Crippen LogP contribution in [0, 0.1) is 11.6 Å². The molecule has 3 N–H and O–H groups in total. The largest absolute Gasteiger partial charge is 0.389 e. The predicted molar refractivity (Wildman–Crippen MR) is 79.5 cm³/mol. The number of sulfonamides is 1. The fourth-order valence-electron chi connectivity index (χ4n) is 1.73. The van der Waals surface area contributed by atoms with Crippen LogP contribution in [0.2, 0.25) is 0 Å². The van der Waals surface area contributed by atoms with Crippen molar-refractivity contribution in [2.45, 2.75) is 4.90 Å². The van der Waals surface area contributed by atoms with Crippen molar-refractivity contribution in [1.29, 1.82) is 0 Å². The first kappa shape index (κ1) is 15.3. The maximum atomic E-state index is 13.7. The van der Waals surface area contributed by atoms with Gasteiger partial charge in [0, 0.05) is 0 Å². The molecule has 0 saturated heterocycles. The summed E-state index contributed by atoms with van der Waals surface area (Å²) in [5.41, 5.74) is 5.00. The Morgan fingerprint density at radius 2 is 1.81 bits per heavy atom. The summed E-state index contributed by atoms with van der Waals surface area (Å²) in [6.45, 7) is 0. The SMILES string of the molecule is NC(=S)c1c(F)cccc1S(=O)(=O)Nc1cccc(F)c1. The van der Waals surface area contributed by atoms with Gasteiger partial charge in [0.1, 0.15) is 21.5 Å². The fourth-order valence-corrected chi connectivity index (χ4v) is 3.28. The lowest BCUT2D eigenvalue weighted by molar-refractivity contribution is 0.594. The first-order chi connectivity index (χ1) is 9.81. The van der Waals surface area contributed by atoms with Crippen LogP contribution in [0.25, 0.3) is 0 Å². The monoisotopic (exact) mass is 328 g/mol. The molecule has 110 valence electrons. The first-order valence-corrected chi connectivity index (χ1v) is 7.57. The van der Waals surface area contributed by atoms with Crippen LogP contribution in [0.15, 0.2) is 47.4 Å². The van der Waals surface area contributed by atoms with Crippen molar-refractivity contribution < 1.29 is 17.2 Å². The molecule has 0 heterocycles. The smallest absolute Gasteiger partial charge is 0.262 e. The number of hydrogen-bond acceptors (Lipinski definition) is 3. The highest BCUT2D eigenvalue weighted by atomic mass is 32.2. The van der Waals surface area contributed by atoms with Gasteiger partial charge >= 0.3 is 0 Å². The van der Waals surface area contributed by atoms with Gasteiger partial charge in [0.25, 0.3) is 10.0 Å². The molecule has 0 radical (unpaired) electrons.